The Hall–Kier alpha value is -7.54. The van der Waals surface area contributed by atoms with Crippen molar-refractivity contribution in [1.29, 1.82) is 0 Å². The maximum atomic E-state index is 2.35. The summed E-state index contributed by atoms with van der Waals surface area (Å²) in [4.78, 5) is 0. The zero-order valence-corrected chi connectivity index (χ0v) is 31.8. The van der Waals surface area contributed by atoms with E-state index in [-0.39, 0.29) is 0 Å². The summed E-state index contributed by atoms with van der Waals surface area (Å²) in [6, 6.07) is 81.0. The first-order chi connectivity index (χ1) is 28.9. The molecule has 0 saturated carbocycles. The molecular weight excluding hydrogens is 697 g/mol. The van der Waals surface area contributed by atoms with Crippen molar-refractivity contribution in [3.8, 4) is 44.5 Å². The highest BCUT2D eigenvalue weighted by atomic mass is 14.3. The van der Waals surface area contributed by atoms with Gasteiger partial charge in [0.05, 0.1) is 0 Å². The van der Waals surface area contributed by atoms with Crippen molar-refractivity contribution in [2.45, 2.75) is 0 Å². The molecule has 12 rings (SSSR count). The molecular formula is C58H36. The summed E-state index contributed by atoms with van der Waals surface area (Å²) in [7, 11) is 0. The quantitative estimate of drug-likeness (QED) is 0.125. The minimum Gasteiger partial charge on any atom is -0.0622 e. The first-order valence-electron chi connectivity index (χ1n) is 20.2. The van der Waals surface area contributed by atoms with Gasteiger partial charge in [-0.25, -0.2) is 0 Å². The number of rotatable bonds is 4. The van der Waals surface area contributed by atoms with Gasteiger partial charge >= 0.3 is 0 Å². The number of benzene rings is 12. The zero-order valence-electron chi connectivity index (χ0n) is 31.8. The molecule has 0 bridgehead atoms. The summed E-state index contributed by atoms with van der Waals surface area (Å²) in [5.74, 6) is 0. The summed E-state index contributed by atoms with van der Waals surface area (Å²) in [5, 5.41) is 17.8. The second kappa shape index (κ2) is 13.0. The Morgan fingerprint density at radius 2 is 0.310 bits per heavy atom. The van der Waals surface area contributed by atoms with Gasteiger partial charge < -0.3 is 0 Å². The van der Waals surface area contributed by atoms with Gasteiger partial charge in [0.25, 0.3) is 0 Å². The summed E-state index contributed by atoms with van der Waals surface area (Å²) < 4.78 is 0. The normalized spacial score (nSPS) is 11.8. The Morgan fingerprint density at radius 3 is 0.517 bits per heavy atom. The van der Waals surface area contributed by atoms with Gasteiger partial charge in [-0.05, 0) is 120 Å². The second-order valence-corrected chi connectivity index (χ2v) is 15.4. The van der Waals surface area contributed by atoms with Crippen LogP contribution in [-0.2, 0) is 0 Å². The molecule has 0 atom stereocenters. The Bertz CT molecular complexity index is 3090. The van der Waals surface area contributed by atoms with E-state index >= 15 is 0 Å². The average Bonchev–Trinajstić information content (AvgIpc) is 3.31. The van der Waals surface area contributed by atoms with Gasteiger partial charge in [0.1, 0.15) is 0 Å². The van der Waals surface area contributed by atoms with Crippen LogP contribution in [0.3, 0.4) is 0 Å². The molecule has 0 amide bonds. The first-order valence-corrected chi connectivity index (χ1v) is 20.2. The predicted molar refractivity (Wildman–Crippen MR) is 251 cm³/mol. The van der Waals surface area contributed by atoms with Crippen molar-refractivity contribution in [3.05, 3.63) is 218 Å². The van der Waals surface area contributed by atoms with Crippen molar-refractivity contribution in [3.63, 3.8) is 0 Å². The highest BCUT2D eigenvalue weighted by Crippen LogP contribution is 2.58. The molecule has 58 heavy (non-hydrogen) atoms. The molecule has 0 heteroatoms. The van der Waals surface area contributed by atoms with Gasteiger partial charge in [0.2, 0.25) is 0 Å². The smallest absolute Gasteiger partial charge is 0.0000929 e. The fourth-order valence-electron chi connectivity index (χ4n) is 10.1. The van der Waals surface area contributed by atoms with Crippen molar-refractivity contribution >= 4 is 75.4 Å². The predicted octanol–water partition coefficient (Wildman–Crippen LogP) is 16.4. The van der Waals surface area contributed by atoms with Crippen molar-refractivity contribution in [1.82, 2.24) is 0 Å². The standard InChI is InChI=1S/C58H36/c1-5-21-37(22-6-1)49-53-45-33-17-13-29-41(45)42-30-14-18-34-46(42)54(53)51(39-25-9-3-10-26-39)58-52(40-27-11-4-12-28-40)56-48-36-20-16-32-44(48)43-31-15-19-35-47(43)55(56)50(57(49)58)38-23-7-2-8-24-38/h1-36H. The van der Waals surface area contributed by atoms with E-state index in [2.05, 4.69) is 218 Å². The van der Waals surface area contributed by atoms with E-state index in [4.69, 9.17) is 0 Å². The monoisotopic (exact) mass is 732 g/mol. The van der Waals surface area contributed by atoms with Crippen LogP contribution in [0.15, 0.2) is 218 Å². The lowest BCUT2D eigenvalue weighted by molar-refractivity contribution is 1.64. The van der Waals surface area contributed by atoms with Crippen LogP contribution in [-0.4, -0.2) is 0 Å². The molecule has 0 nitrogen and oxygen atoms in total. The molecule has 12 aromatic carbocycles. The number of hydrogen-bond donors (Lipinski definition) is 0. The topological polar surface area (TPSA) is 0 Å². The third kappa shape index (κ3) is 4.70. The summed E-state index contributed by atoms with van der Waals surface area (Å²) in [6.07, 6.45) is 0. The van der Waals surface area contributed by atoms with Crippen LogP contribution in [0.2, 0.25) is 0 Å². The van der Waals surface area contributed by atoms with Gasteiger partial charge in [-0.1, -0.05) is 218 Å². The van der Waals surface area contributed by atoms with Gasteiger partial charge in [-0.2, -0.15) is 0 Å². The van der Waals surface area contributed by atoms with Crippen LogP contribution < -0.4 is 0 Å². The summed E-state index contributed by atoms with van der Waals surface area (Å²) >= 11 is 0. The van der Waals surface area contributed by atoms with Crippen LogP contribution >= 0.6 is 0 Å². The second-order valence-electron chi connectivity index (χ2n) is 15.4. The molecule has 0 aromatic heterocycles. The van der Waals surface area contributed by atoms with Gasteiger partial charge in [-0.15, -0.1) is 0 Å². The van der Waals surface area contributed by atoms with E-state index in [0.717, 1.165) is 0 Å². The molecule has 12 aromatic rings. The van der Waals surface area contributed by atoms with Crippen LogP contribution in [0.4, 0.5) is 0 Å². The van der Waals surface area contributed by atoms with Crippen molar-refractivity contribution in [2.24, 2.45) is 0 Å². The lowest BCUT2D eigenvalue weighted by atomic mass is 9.74. The van der Waals surface area contributed by atoms with Crippen molar-refractivity contribution < 1.29 is 0 Å². The Morgan fingerprint density at radius 1 is 0.138 bits per heavy atom. The SMILES string of the molecule is c1ccc(-c2c3c(-c4ccccc4)c4c5ccccc5c5ccccc5c4c(-c4ccccc4)c3c(-c3ccccc3)c3c4ccccc4c4ccccc4c23)cc1. The van der Waals surface area contributed by atoms with Crippen molar-refractivity contribution in [2.75, 3.05) is 0 Å². The Kier molecular flexibility index (Phi) is 7.33. The molecule has 268 valence electrons. The van der Waals surface area contributed by atoms with Gasteiger partial charge in [0, 0.05) is 0 Å². The molecule has 0 fully saturated rings. The highest BCUT2D eigenvalue weighted by Gasteiger charge is 2.29. The van der Waals surface area contributed by atoms with E-state index in [9.17, 15) is 0 Å². The summed E-state index contributed by atoms with van der Waals surface area (Å²) in [5.41, 5.74) is 9.89. The van der Waals surface area contributed by atoms with E-state index in [1.54, 1.807) is 0 Å². The molecule has 0 heterocycles. The molecule has 0 aliphatic heterocycles. The molecule has 0 aliphatic carbocycles. The number of hydrogen-bond acceptors (Lipinski definition) is 0. The van der Waals surface area contributed by atoms with E-state index in [1.807, 2.05) is 0 Å². The van der Waals surface area contributed by atoms with E-state index in [1.165, 1.54) is 120 Å². The third-order valence-corrected chi connectivity index (χ3v) is 12.4. The van der Waals surface area contributed by atoms with Gasteiger partial charge in [-0.3, -0.25) is 0 Å². The minimum absolute atomic E-state index is 1.21. The van der Waals surface area contributed by atoms with E-state index < -0.39 is 0 Å². The zero-order chi connectivity index (χ0) is 38.2. The minimum atomic E-state index is 1.21. The Balaban J connectivity index is 1.57. The largest absolute Gasteiger partial charge is 0.0622 e. The lowest BCUT2D eigenvalue weighted by Crippen LogP contribution is -2.00. The first kappa shape index (κ1) is 32.7. The number of fused-ring (bicyclic) bond motifs is 13. The maximum Gasteiger partial charge on any atom is -0.0000929 e. The van der Waals surface area contributed by atoms with E-state index in [0.29, 0.717) is 0 Å². The molecule has 0 aliphatic rings. The third-order valence-electron chi connectivity index (χ3n) is 12.4. The average molecular weight is 733 g/mol. The van der Waals surface area contributed by atoms with Crippen LogP contribution in [0.5, 0.6) is 0 Å². The highest BCUT2D eigenvalue weighted by molar-refractivity contribution is 6.44. The lowest BCUT2D eigenvalue weighted by Gasteiger charge is -2.28. The molecule has 0 radical (unpaired) electrons. The molecule has 0 spiro atoms. The molecule has 0 saturated heterocycles. The fourth-order valence-corrected chi connectivity index (χ4v) is 10.1. The molecule has 0 N–H and O–H groups in total. The van der Waals surface area contributed by atoms with Crippen LogP contribution in [0, 0.1) is 0 Å². The fraction of sp³-hybridized carbons (Fsp3) is 0. The van der Waals surface area contributed by atoms with Crippen LogP contribution in [0.1, 0.15) is 0 Å². The van der Waals surface area contributed by atoms with Crippen LogP contribution in [0.25, 0.3) is 120 Å². The molecule has 0 unspecified atom stereocenters. The Labute approximate surface area is 336 Å². The maximum absolute atomic E-state index is 2.35. The van der Waals surface area contributed by atoms with Gasteiger partial charge in [0.15, 0.2) is 0 Å². The summed E-state index contributed by atoms with van der Waals surface area (Å²) in [6.45, 7) is 0.